The number of methoxy groups -OCH3 is 1. The van der Waals surface area contributed by atoms with Crippen LogP contribution in [0.4, 0.5) is 13.2 Å². The molecule has 0 amide bonds. The van der Waals surface area contributed by atoms with Gasteiger partial charge in [0.15, 0.2) is 11.3 Å². The van der Waals surface area contributed by atoms with Crippen molar-refractivity contribution in [2.75, 3.05) is 13.7 Å². The molecule has 0 radical (unpaired) electrons. The summed E-state index contributed by atoms with van der Waals surface area (Å²) in [5.41, 5.74) is -2.42. The summed E-state index contributed by atoms with van der Waals surface area (Å²) < 4.78 is 55.3. The van der Waals surface area contributed by atoms with Crippen molar-refractivity contribution in [3.63, 3.8) is 0 Å². The van der Waals surface area contributed by atoms with Crippen molar-refractivity contribution < 1.29 is 31.9 Å². The molecule has 1 aromatic heterocycles. The summed E-state index contributed by atoms with van der Waals surface area (Å²) in [6, 6.07) is 0. The van der Waals surface area contributed by atoms with Crippen molar-refractivity contribution in [1.82, 2.24) is 0 Å². The monoisotopic (exact) mass is 316 g/mol. The second-order valence-electron chi connectivity index (χ2n) is 4.26. The molecule has 118 valence electrons. The van der Waals surface area contributed by atoms with Crippen LogP contribution in [0, 0.1) is 24.4 Å². The SMILES string of the molecule is CCOC(=O)c1c(C)oc2c(F)c(F)c(F)c(OC)c2c1=O. The highest BCUT2D eigenvalue weighted by Gasteiger charge is 2.29. The number of esters is 1. The summed E-state index contributed by atoms with van der Waals surface area (Å²) in [4.78, 5) is 24.1. The third-order valence-corrected chi connectivity index (χ3v) is 2.98. The molecule has 2 aromatic rings. The minimum absolute atomic E-state index is 0.0149. The Morgan fingerprint density at radius 2 is 1.82 bits per heavy atom. The molecule has 2 rings (SSSR count). The van der Waals surface area contributed by atoms with E-state index in [9.17, 15) is 22.8 Å². The van der Waals surface area contributed by atoms with E-state index in [1.54, 1.807) is 0 Å². The van der Waals surface area contributed by atoms with Crippen molar-refractivity contribution in [3.8, 4) is 5.75 Å². The van der Waals surface area contributed by atoms with E-state index in [-0.39, 0.29) is 12.4 Å². The molecule has 0 aliphatic carbocycles. The summed E-state index contributed by atoms with van der Waals surface area (Å²) >= 11 is 0. The van der Waals surface area contributed by atoms with Crippen LogP contribution >= 0.6 is 0 Å². The highest BCUT2D eigenvalue weighted by atomic mass is 19.2. The number of ether oxygens (including phenoxy) is 2. The number of benzene rings is 1. The summed E-state index contributed by atoms with van der Waals surface area (Å²) in [5.74, 6) is -7.32. The molecule has 0 saturated carbocycles. The first-order valence-electron chi connectivity index (χ1n) is 6.20. The smallest absolute Gasteiger partial charge is 0.345 e. The zero-order valence-electron chi connectivity index (χ0n) is 11.9. The number of hydrogen-bond acceptors (Lipinski definition) is 5. The van der Waals surface area contributed by atoms with Crippen molar-refractivity contribution in [1.29, 1.82) is 0 Å². The van der Waals surface area contributed by atoms with Gasteiger partial charge in [-0.05, 0) is 13.8 Å². The van der Waals surface area contributed by atoms with Crippen LogP contribution in [-0.4, -0.2) is 19.7 Å². The first-order valence-corrected chi connectivity index (χ1v) is 6.20. The van der Waals surface area contributed by atoms with Gasteiger partial charge in [-0.2, -0.15) is 8.78 Å². The fourth-order valence-electron chi connectivity index (χ4n) is 2.04. The van der Waals surface area contributed by atoms with E-state index < -0.39 is 51.1 Å². The Balaban J connectivity index is 3.00. The van der Waals surface area contributed by atoms with Crippen LogP contribution in [0.1, 0.15) is 23.0 Å². The van der Waals surface area contributed by atoms with Crippen LogP contribution in [-0.2, 0) is 4.74 Å². The van der Waals surface area contributed by atoms with E-state index >= 15 is 0 Å². The predicted octanol–water partition coefficient (Wildman–Crippen LogP) is 2.70. The number of carbonyl (C=O) groups is 1. The van der Waals surface area contributed by atoms with Crippen molar-refractivity contribution >= 4 is 16.9 Å². The highest BCUT2D eigenvalue weighted by molar-refractivity contribution is 5.96. The van der Waals surface area contributed by atoms with E-state index in [0.29, 0.717) is 0 Å². The van der Waals surface area contributed by atoms with Crippen molar-refractivity contribution in [2.45, 2.75) is 13.8 Å². The Kier molecular flexibility index (Phi) is 4.11. The summed E-state index contributed by atoms with van der Waals surface area (Å²) in [5, 5.41) is -0.701. The van der Waals surface area contributed by atoms with Crippen LogP contribution in [0.15, 0.2) is 9.21 Å². The van der Waals surface area contributed by atoms with Gasteiger partial charge in [0.1, 0.15) is 16.7 Å². The fourth-order valence-corrected chi connectivity index (χ4v) is 2.04. The lowest BCUT2D eigenvalue weighted by molar-refractivity contribution is 0.0521. The summed E-state index contributed by atoms with van der Waals surface area (Å²) in [7, 11) is 0.971. The largest absolute Gasteiger partial charge is 0.493 e. The molecule has 1 heterocycles. The minimum atomic E-state index is -1.84. The normalized spacial score (nSPS) is 10.8. The number of carbonyl (C=O) groups excluding carboxylic acids is 1. The van der Waals surface area contributed by atoms with Gasteiger partial charge in [0.25, 0.3) is 0 Å². The lowest BCUT2D eigenvalue weighted by Crippen LogP contribution is -2.21. The number of rotatable bonds is 3. The van der Waals surface area contributed by atoms with Gasteiger partial charge in [-0.25, -0.2) is 9.18 Å². The third-order valence-electron chi connectivity index (χ3n) is 2.98. The van der Waals surface area contributed by atoms with Crippen LogP contribution < -0.4 is 10.2 Å². The van der Waals surface area contributed by atoms with E-state index in [1.807, 2.05) is 0 Å². The molecule has 0 atom stereocenters. The Morgan fingerprint density at radius 1 is 1.18 bits per heavy atom. The topological polar surface area (TPSA) is 65.7 Å². The standard InChI is InChI=1S/C14H11F3O5/c1-4-21-14(19)6-5(2)22-13-7(11(6)18)12(20-3)9(16)8(15)10(13)17/h4H2,1-3H3. The Hall–Kier alpha value is -2.51. The van der Waals surface area contributed by atoms with Gasteiger partial charge < -0.3 is 13.9 Å². The van der Waals surface area contributed by atoms with Crippen molar-refractivity contribution in [3.05, 3.63) is 39.0 Å². The number of hydrogen-bond donors (Lipinski definition) is 0. The fraction of sp³-hybridized carbons (Fsp3) is 0.286. The molecule has 0 fully saturated rings. The second kappa shape index (κ2) is 5.70. The average Bonchev–Trinajstić information content (AvgIpc) is 2.47. The summed E-state index contributed by atoms with van der Waals surface area (Å²) in [6.07, 6.45) is 0. The number of aryl methyl sites for hydroxylation is 1. The van der Waals surface area contributed by atoms with E-state index in [0.717, 1.165) is 7.11 Å². The molecular formula is C14H11F3O5. The number of halogens is 3. The minimum Gasteiger partial charge on any atom is -0.493 e. The third kappa shape index (κ3) is 2.20. The zero-order valence-corrected chi connectivity index (χ0v) is 11.9. The Morgan fingerprint density at radius 3 is 2.36 bits per heavy atom. The lowest BCUT2D eigenvalue weighted by atomic mass is 10.1. The van der Waals surface area contributed by atoms with Gasteiger partial charge in [0, 0.05) is 0 Å². The molecule has 0 N–H and O–H groups in total. The van der Waals surface area contributed by atoms with Crippen LogP contribution in [0.3, 0.4) is 0 Å². The van der Waals surface area contributed by atoms with Crippen LogP contribution in [0.2, 0.25) is 0 Å². The van der Waals surface area contributed by atoms with Gasteiger partial charge in [0.05, 0.1) is 13.7 Å². The molecule has 0 aliphatic rings. The average molecular weight is 316 g/mol. The van der Waals surface area contributed by atoms with E-state index in [2.05, 4.69) is 4.74 Å². The quantitative estimate of drug-likeness (QED) is 0.643. The van der Waals surface area contributed by atoms with Crippen LogP contribution in [0.25, 0.3) is 11.0 Å². The molecular weight excluding hydrogens is 305 g/mol. The first-order chi connectivity index (χ1) is 10.3. The van der Waals surface area contributed by atoms with Gasteiger partial charge >= 0.3 is 5.97 Å². The lowest BCUT2D eigenvalue weighted by Gasteiger charge is -2.11. The number of fused-ring (bicyclic) bond motifs is 1. The Bertz CT molecular complexity index is 826. The van der Waals surface area contributed by atoms with E-state index in [4.69, 9.17) is 9.15 Å². The zero-order chi connectivity index (χ0) is 16.6. The van der Waals surface area contributed by atoms with Gasteiger partial charge in [-0.3, -0.25) is 4.79 Å². The second-order valence-corrected chi connectivity index (χ2v) is 4.26. The molecule has 0 aliphatic heterocycles. The maximum atomic E-state index is 13.8. The molecule has 0 bridgehead atoms. The molecule has 0 saturated heterocycles. The predicted molar refractivity (Wildman–Crippen MR) is 69.6 cm³/mol. The van der Waals surface area contributed by atoms with Gasteiger partial charge in [-0.15, -0.1) is 0 Å². The molecule has 1 aromatic carbocycles. The van der Waals surface area contributed by atoms with E-state index in [1.165, 1.54) is 13.8 Å². The maximum Gasteiger partial charge on any atom is 0.345 e. The molecule has 0 unspecified atom stereocenters. The van der Waals surface area contributed by atoms with Gasteiger partial charge in [-0.1, -0.05) is 0 Å². The molecule has 22 heavy (non-hydrogen) atoms. The molecule has 5 nitrogen and oxygen atoms in total. The highest BCUT2D eigenvalue weighted by Crippen LogP contribution is 2.32. The summed E-state index contributed by atoms with van der Waals surface area (Å²) in [6.45, 7) is 2.71. The Labute approximate surface area is 122 Å². The first kappa shape index (κ1) is 15.9. The van der Waals surface area contributed by atoms with Crippen LogP contribution in [0.5, 0.6) is 5.75 Å². The maximum absolute atomic E-state index is 13.8. The molecule has 8 heteroatoms. The van der Waals surface area contributed by atoms with Crippen molar-refractivity contribution in [2.24, 2.45) is 0 Å². The van der Waals surface area contributed by atoms with Gasteiger partial charge in [0.2, 0.25) is 22.9 Å². The molecule has 0 spiro atoms.